The molecule has 0 bridgehead atoms. The molecule has 0 radical (unpaired) electrons. The minimum Gasteiger partial charge on any atom is -0.457 e. The van der Waals surface area contributed by atoms with Gasteiger partial charge in [0.05, 0.1) is 17.0 Å². The maximum Gasteiger partial charge on any atom is 0.132 e. The Bertz CT molecular complexity index is 1240. The highest BCUT2D eigenvalue weighted by molar-refractivity contribution is 9.10. The van der Waals surface area contributed by atoms with Gasteiger partial charge >= 0.3 is 0 Å². The van der Waals surface area contributed by atoms with Crippen molar-refractivity contribution in [3.05, 3.63) is 129 Å². The summed E-state index contributed by atoms with van der Waals surface area (Å²) >= 11 is 3.65. The Morgan fingerprint density at radius 3 is 2.10 bits per heavy atom. The van der Waals surface area contributed by atoms with Gasteiger partial charge in [-0.3, -0.25) is 0 Å². The summed E-state index contributed by atoms with van der Waals surface area (Å²) in [6, 6.07) is 34.9. The van der Waals surface area contributed by atoms with E-state index in [2.05, 4.69) is 70.5 Å². The van der Waals surface area contributed by atoms with E-state index in [9.17, 15) is 5.26 Å². The molecule has 0 N–H and O–H groups in total. The van der Waals surface area contributed by atoms with Crippen LogP contribution in [0.15, 0.2) is 102 Å². The molecule has 1 aliphatic rings. The maximum absolute atomic E-state index is 9.30. The molecule has 1 atom stereocenters. The molecule has 5 rings (SSSR count). The first-order chi connectivity index (χ1) is 14.2. The molecule has 29 heavy (non-hydrogen) atoms. The third-order valence-electron chi connectivity index (χ3n) is 5.51. The minimum atomic E-state index is -0.552. The van der Waals surface area contributed by atoms with Gasteiger partial charge in [0.15, 0.2) is 0 Å². The molecule has 1 heterocycles. The molecule has 0 saturated heterocycles. The average molecular weight is 438 g/mol. The predicted molar refractivity (Wildman–Crippen MR) is 117 cm³/mol. The third-order valence-corrected chi connectivity index (χ3v) is 6.00. The summed E-state index contributed by atoms with van der Waals surface area (Å²) in [7, 11) is 0. The predicted octanol–water partition coefficient (Wildman–Crippen LogP) is 6.81. The van der Waals surface area contributed by atoms with Crippen LogP contribution in [0.5, 0.6) is 11.5 Å². The number of fused-ring (bicyclic) bond motifs is 2. The molecule has 138 valence electrons. The lowest BCUT2D eigenvalue weighted by Crippen LogP contribution is -2.34. The Morgan fingerprint density at radius 1 is 0.690 bits per heavy atom. The number of para-hydroxylation sites is 1. The standard InChI is InChI=1S/C26H16BrNO/c27-21-14-15-25-23(16-21)26(19-6-2-1-3-7-19,20-12-10-18(17-28)11-13-20)22-8-4-5-9-24(22)29-25/h1-16H. The summed E-state index contributed by atoms with van der Waals surface area (Å²) in [5.74, 6) is 1.68. The van der Waals surface area contributed by atoms with Gasteiger partial charge in [0.2, 0.25) is 0 Å². The van der Waals surface area contributed by atoms with Crippen LogP contribution in [0.4, 0.5) is 0 Å². The van der Waals surface area contributed by atoms with Gasteiger partial charge in [-0.25, -0.2) is 0 Å². The molecule has 0 amide bonds. The van der Waals surface area contributed by atoms with Gasteiger partial charge < -0.3 is 4.74 Å². The Balaban J connectivity index is 1.95. The highest BCUT2D eigenvalue weighted by Crippen LogP contribution is 2.55. The summed E-state index contributed by atoms with van der Waals surface area (Å²) in [5.41, 5.74) is 4.50. The number of rotatable bonds is 2. The van der Waals surface area contributed by atoms with Crippen LogP contribution in [-0.2, 0) is 5.41 Å². The molecule has 4 aromatic rings. The van der Waals surface area contributed by atoms with Crippen molar-refractivity contribution in [3.63, 3.8) is 0 Å². The summed E-state index contributed by atoms with van der Waals surface area (Å²) in [6.07, 6.45) is 0. The van der Waals surface area contributed by atoms with Crippen molar-refractivity contribution in [2.45, 2.75) is 5.41 Å². The zero-order valence-electron chi connectivity index (χ0n) is 15.5. The number of hydrogen-bond acceptors (Lipinski definition) is 2. The van der Waals surface area contributed by atoms with Gasteiger partial charge in [0, 0.05) is 15.6 Å². The molecule has 3 heteroatoms. The fraction of sp³-hybridized carbons (Fsp3) is 0.0385. The second kappa shape index (κ2) is 6.92. The molecule has 0 spiro atoms. The van der Waals surface area contributed by atoms with Crippen LogP contribution >= 0.6 is 15.9 Å². The fourth-order valence-corrected chi connectivity index (χ4v) is 4.65. The van der Waals surface area contributed by atoms with Crippen LogP contribution < -0.4 is 4.74 Å². The van der Waals surface area contributed by atoms with E-state index in [0.717, 1.165) is 38.2 Å². The van der Waals surface area contributed by atoms with Gasteiger partial charge in [-0.05, 0) is 47.5 Å². The van der Waals surface area contributed by atoms with Gasteiger partial charge in [0.25, 0.3) is 0 Å². The van der Waals surface area contributed by atoms with Crippen molar-refractivity contribution in [2.75, 3.05) is 0 Å². The van der Waals surface area contributed by atoms with Crippen LogP contribution in [0, 0.1) is 11.3 Å². The number of halogens is 1. The fourth-order valence-electron chi connectivity index (χ4n) is 4.28. The average Bonchev–Trinajstić information content (AvgIpc) is 2.78. The molecular formula is C26H16BrNO. The minimum absolute atomic E-state index is 0.552. The zero-order chi connectivity index (χ0) is 19.8. The highest BCUT2D eigenvalue weighted by Gasteiger charge is 2.45. The third kappa shape index (κ3) is 2.68. The summed E-state index contributed by atoms with van der Waals surface area (Å²) < 4.78 is 7.30. The van der Waals surface area contributed by atoms with E-state index in [1.165, 1.54) is 0 Å². The Kier molecular flexibility index (Phi) is 4.23. The zero-order valence-corrected chi connectivity index (χ0v) is 17.1. The molecule has 0 fully saturated rings. The molecule has 0 saturated carbocycles. The van der Waals surface area contributed by atoms with E-state index >= 15 is 0 Å². The second-order valence-corrected chi connectivity index (χ2v) is 7.96. The lowest BCUT2D eigenvalue weighted by molar-refractivity contribution is 0.434. The molecule has 0 aromatic heterocycles. The van der Waals surface area contributed by atoms with Gasteiger partial charge in [-0.15, -0.1) is 0 Å². The summed E-state index contributed by atoms with van der Waals surface area (Å²) in [4.78, 5) is 0. The lowest BCUT2D eigenvalue weighted by Gasteiger charge is -2.41. The van der Waals surface area contributed by atoms with Crippen LogP contribution in [-0.4, -0.2) is 0 Å². The number of hydrogen-bond donors (Lipinski definition) is 0. The normalized spacial score (nSPS) is 16.8. The van der Waals surface area contributed by atoms with Crippen LogP contribution in [0.25, 0.3) is 0 Å². The van der Waals surface area contributed by atoms with E-state index in [-0.39, 0.29) is 0 Å². The van der Waals surface area contributed by atoms with E-state index in [0.29, 0.717) is 5.56 Å². The first kappa shape index (κ1) is 17.7. The molecule has 2 nitrogen and oxygen atoms in total. The van der Waals surface area contributed by atoms with E-state index in [1.807, 2.05) is 48.5 Å². The van der Waals surface area contributed by atoms with Crippen molar-refractivity contribution < 1.29 is 4.74 Å². The second-order valence-electron chi connectivity index (χ2n) is 7.04. The molecule has 1 aliphatic heterocycles. The quantitative estimate of drug-likeness (QED) is 0.303. The molecule has 0 aliphatic carbocycles. The Hall–Kier alpha value is -3.35. The number of ether oxygens (including phenoxy) is 1. The topological polar surface area (TPSA) is 33.0 Å². The van der Waals surface area contributed by atoms with Crippen molar-refractivity contribution in [1.29, 1.82) is 5.26 Å². The molecule has 1 unspecified atom stereocenters. The Labute approximate surface area is 178 Å². The molecule has 4 aromatic carbocycles. The van der Waals surface area contributed by atoms with Gasteiger partial charge in [-0.2, -0.15) is 5.26 Å². The SMILES string of the molecule is N#Cc1ccc(C2(c3ccccc3)c3ccccc3Oc3ccc(Br)cc32)cc1. The van der Waals surface area contributed by atoms with Crippen molar-refractivity contribution in [2.24, 2.45) is 0 Å². The van der Waals surface area contributed by atoms with Gasteiger partial charge in [-0.1, -0.05) is 76.6 Å². The first-order valence-corrected chi connectivity index (χ1v) is 10.2. The van der Waals surface area contributed by atoms with Crippen LogP contribution in [0.1, 0.15) is 27.8 Å². The summed E-state index contributed by atoms with van der Waals surface area (Å²) in [6.45, 7) is 0. The lowest BCUT2D eigenvalue weighted by atomic mass is 9.63. The number of benzene rings is 4. The number of nitriles is 1. The van der Waals surface area contributed by atoms with E-state index in [1.54, 1.807) is 0 Å². The highest BCUT2D eigenvalue weighted by atomic mass is 79.9. The van der Waals surface area contributed by atoms with Crippen molar-refractivity contribution in [3.8, 4) is 17.6 Å². The molecular weight excluding hydrogens is 422 g/mol. The summed E-state index contributed by atoms with van der Waals surface area (Å²) in [5, 5.41) is 9.30. The largest absolute Gasteiger partial charge is 0.457 e. The monoisotopic (exact) mass is 437 g/mol. The first-order valence-electron chi connectivity index (χ1n) is 9.37. The van der Waals surface area contributed by atoms with E-state index < -0.39 is 5.41 Å². The van der Waals surface area contributed by atoms with Crippen molar-refractivity contribution in [1.82, 2.24) is 0 Å². The maximum atomic E-state index is 9.30. The van der Waals surface area contributed by atoms with Crippen LogP contribution in [0.2, 0.25) is 0 Å². The van der Waals surface area contributed by atoms with Gasteiger partial charge in [0.1, 0.15) is 11.5 Å². The van der Waals surface area contributed by atoms with Crippen molar-refractivity contribution >= 4 is 15.9 Å². The van der Waals surface area contributed by atoms with E-state index in [4.69, 9.17) is 4.74 Å². The van der Waals surface area contributed by atoms with Crippen LogP contribution in [0.3, 0.4) is 0 Å². The smallest absolute Gasteiger partial charge is 0.132 e. The Morgan fingerprint density at radius 2 is 1.34 bits per heavy atom. The number of nitrogens with zero attached hydrogens (tertiary/aromatic N) is 1.